The van der Waals surface area contributed by atoms with Crippen molar-refractivity contribution in [2.45, 2.75) is 0 Å². The molecule has 4 amide bonds. The molecule has 2 aromatic carbocycles. The fraction of sp³-hybridized carbons (Fsp3) is 0.0625. The lowest BCUT2D eigenvalue weighted by atomic mass is 10.1. The number of carbonyl (C=O) groups excluding carboxylic acids is 3. The van der Waals surface area contributed by atoms with Gasteiger partial charge < -0.3 is 10.6 Å². The van der Waals surface area contributed by atoms with Crippen molar-refractivity contribution in [3.8, 4) is 0 Å². The van der Waals surface area contributed by atoms with Crippen molar-refractivity contribution < 1.29 is 14.4 Å². The zero-order chi connectivity index (χ0) is 16.6. The van der Waals surface area contributed by atoms with E-state index in [2.05, 4.69) is 10.6 Å². The SMILES string of the molecule is CN1C(=O)c2cccc(NC(=O)Nc3ccc(Cl)cc3)c2C1=O. The summed E-state index contributed by atoms with van der Waals surface area (Å²) in [5, 5.41) is 5.78. The number of carbonyl (C=O) groups is 3. The first-order valence-corrected chi connectivity index (χ1v) is 7.14. The first kappa shape index (κ1) is 15.1. The van der Waals surface area contributed by atoms with Crippen LogP contribution in [0.3, 0.4) is 0 Å². The lowest BCUT2D eigenvalue weighted by molar-refractivity contribution is 0.0693. The lowest BCUT2D eigenvalue weighted by Gasteiger charge is -2.10. The molecule has 0 fully saturated rings. The van der Waals surface area contributed by atoms with Crippen LogP contribution in [0.1, 0.15) is 20.7 Å². The summed E-state index contributed by atoms with van der Waals surface area (Å²) in [6, 6.07) is 10.8. The smallest absolute Gasteiger partial charge is 0.308 e. The van der Waals surface area contributed by atoms with Gasteiger partial charge in [0.2, 0.25) is 0 Å². The predicted octanol–water partition coefficient (Wildman–Crippen LogP) is 3.21. The molecular formula is C16H12ClN3O3. The molecule has 116 valence electrons. The van der Waals surface area contributed by atoms with Gasteiger partial charge in [-0.3, -0.25) is 14.5 Å². The minimum atomic E-state index is -0.518. The van der Waals surface area contributed by atoms with Crippen LogP contribution in [0, 0.1) is 0 Å². The number of amides is 4. The summed E-state index contributed by atoms with van der Waals surface area (Å²) < 4.78 is 0. The maximum Gasteiger partial charge on any atom is 0.323 e. The Morgan fingerprint density at radius 2 is 1.70 bits per heavy atom. The minimum absolute atomic E-state index is 0.200. The quantitative estimate of drug-likeness (QED) is 0.830. The topological polar surface area (TPSA) is 78.5 Å². The highest BCUT2D eigenvalue weighted by Gasteiger charge is 2.35. The Morgan fingerprint density at radius 1 is 1.00 bits per heavy atom. The van der Waals surface area contributed by atoms with Gasteiger partial charge in [-0.05, 0) is 36.4 Å². The largest absolute Gasteiger partial charge is 0.323 e. The highest BCUT2D eigenvalue weighted by atomic mass is 35.5. The molecule has 7 heteroatoms. The van der Waals surface area contributed by atoms with Gasteiger partial charge in [0.05, 0.1) is 16.8 Å². The summed E-state index contributed by atoms with van der Waals surface area (Å²) in [6.45, 7) is 0. The predicted molar refractivity (Wildman–Crippen MR) is 87.0 cm³/mol. The number of fused-ring (bicyclic) bond motifs is 1. The number of nitrogens with zero attached hydrogens (tertiary/aromatic N) is 1. The third kappa shape index (κ3) is 2.76. The fourth-order valence-electron chi connectivity index (χ4n) is 2.32. The summed E-state index contributed by atoms with van der Waals surface area (Å²) >= 11 is 5.78. The molecule has 0 spiro atoms. The van der Waals surface area contributed by atoms with E-state index in [1.807, 2.05) is 0 Å². The maximum absolute atomic E-state index is 12.1. The summed E-state index contributed by atoms with van der Waals surface area (Å²) in [4.78, 5) is 37.1. The van der Waals surface area contributed by atoms with Crippen LogP contribution in [0.25, 0.3) is 0 Å². The Hall–Kier alpha value is -2.86. The average molecular weight is 330 g/mol. The number of rotatable bonds is 2. The molecule has 1 aliphatic rings. The van der Waals surface area contributed by atoms with Crippen LogP contribution in [0.15, 0.2) is 42.5 Å². The molecule has 2 N–H and O–H groups in total. The van der Waals surface area contributed by atoms with Gasteiger partial charge in [-0.1, -0.05) is 17.7 Å². The van der Waals surface area contributed by atoms with E-state index in [1.165, 1.54) is 7.05 Å². The first-order chi connectivity index (χ1) is 11.0. The Kier molecular flexibility index (Phi) is 3.75. The molecule has 2 aromatic rings. The van der Waals surface area contributed by atoms with Crippen LogP contribution < -0.4 is 10.6 Å². The minimum Gasteiger partial charge on any atom is -0.308 e. The van der Waals surface area contributed by atoms with E-state index in [4.69, 9.17) is 11.6 Å². The standard InChI is InChI=1S/C16H12ClN3O3/c1-20-14(21)11-3-2-4-12(13(11)15(20)22)19-16(23)18-10-7-5-9(17)6-8-10/h2-8H,1H3,(H2,18,19,23). The average Bonchev–Trinajstić information content (AvgIpc) is 2.75. The van der Waals surface area contributed by atoms with Gasteiger partial charge in [-0.25, -0.2) is 4.79 Å². The number of hydrogen-bond acceptors (Lipinski definition) is 3. The van der Waals surface area contributed by atoms with Crippen molar-refractivity contribution in [1.29, 1.82) is 0 Å². The summed E-state index contributed by atoms with van der Waals surface area (Å²) in [7, 11) is 1.40. The fourth-order valence-corrected chi connectivity index (χ4v) is 2.45. The van der Waals surface area contributed by atoms with Gasteiger partial charge >= 0.3 is 6.03 Å². The number of halogens is 1. The molecule has 0 aliphatic carbocycles. The molecule has 0 aromatic heterocycles. The molecule has 0 unspecified atom stereocenters. The van der Waals surface area contributed by atoms with E-state index >= 15 is 0 Å². The van der Waals surface area contributed by atoms with E-state index < -0.39 is 11.9 Å². The second-order valence-electron chi connectivity index (χ2n) is 4.98. The molecule has 23 heavy (non-hydrogen) atoms. The van der Waals surface area contributed by atoms with Gasteiger partial charge in [0.1, 0.15) is 0 Å². The molecule has 0 bridgehead atoms. The molecule has 1 aliphatic heterocycles. The van der Waals surface area contributed by atoms with Crippen molar-refractivity contribution >= 4 is 40.8 Å². The zero-order valence-electron chi connectivity index (χ0n) is 12.1. The maximum atomic E-state index is 12.1. The second-order valence-corrected chi connectivity index (χ2v) is 5.42. The summed E-state index contributed by atoms with van der Waals surface area (Å²) in [5.41, 5.74) is 1.32. The van der Waals surface area contributed by atoms with Crippen molar-refractivity contribution in [2.24, 2.45) is 0 Å². The van der Waals surface area contributed by atoms with E-state index in [0.29, 0.717) is 10.7 Å². The molecular weight excluding hydrogens is 318 g/mol. The number of anilines is 2. The number of imide groups is 1. The monoisotopic (exact) mass is 329 g/mol. The summed E-state index contributed by atoms with van der Waals surface area (Å²) in [5.74, 6) is -0.820. The van der Waals surface area contributed by atoms with Crippen LogP contribution in [-0.2, 0) is 0 Å². The zero-order valence-corrected chi connectivity index (χ0v) is 12.8. The van der Waals surface area contributed by atoms with Crippen molar-refractivity contribution in [2.75, 3.05) is 17.7 Å². The number of hydrogen-bond donors (Lipinski definition) is 2. The van der Waals surface area contributed by atoms with Crippen LogP contribution >= 0.6 is 11.6 Å². The summed E-state index contributed by atoms with van der Waals surface area (Å²) in [6.07, 6.45) is 0. The van der Waals surface area contributed by atoms with Gasteiger partial charge in [0, 0.05) is 17.8 Å². The lowest BCUT2D eigenvalue weighted by Crippen LogP contribution is -2.25. The Labute approximate surface area is 137 Å². The molecule has 1 heterocycles. The molecule has 3 rings (SSSR count). The van der Waals surface area contributed by atoms with Gasteiger partial charge in [0.25, 0.3) is 11.8 Å². The number of nitrogens with one attached hydrogen (secondary N) is 2. The van der Waals surface area contributed by atoms with Crippen LogP contribution in [0.2, 0.25) is 5.02 Å². The number of urea groups is 1. The third-order valence-corrected chi connectivity index (χ3v) is 3.72. The van der Waals surface area contributed by atoms with E-state index in [1.54, 1.807) is 42.5 Å². The number of benzene rings is 2. The van der Waals surface area contributed by atoms with Crippen LogP contribution in [0.5, 0.6) is 0 Å². The third-order valence-electron chi connectivity index (χ3n) is 3.47. The van der Waals surface area contributed by atoms with Crippen molar-refractivity contribution in [1.82, 2.24) is 4.90 Å². The Bertz CT molecular complexity index is 818. The van der Waals surface area contributed by atoms with E-state index in [9.17, 15) is 14.4 Å². The van der Waals surface area contributed by atoms with Crippen molar-refractivity contribution in [3.05, 3.63) is 58.6 Å². The molecule has 6 nitrogen and oxygen atoms in total. The van der Waals surface area contributed by atoms with Crippen molar-refractivity contribution in [3.63, 3.8) is 0 Å². The van der Waals surface area contributed by atoms with Gasteiger partial charge in [-0.15, -0.1) is 0 Å². The van der Waals surface area contributed by atoms with E-state index in [0.717, 1.165) is 4.90 Å². The molecule has 0 saturated carbocycles. The van der Waals surface area contributed by atoms with Gasteiger partial charge in [-0.2, -0.15) is 0 Å². The Morgan fingerprint density at radius 3 is 2.39 bits per heavy atom. The highest BCUT2D eigenvalue weighted by molar-refractivity contribution is 6.30. The van der Waals surface area contributed by atoms with E-state index in [-0.39, 0.29) is 22.7 Å². The Balaban J connectivity index is 1.82. The first-order valence-electron chi connectivity index (χ1n) is 6.76. The molecule has 0 saturated heterocycles. The molecule has 0 radical (unpaired) electrons. The molecule has 0 atom stereocenters. The second kappa shape index (κ2) is 5.73. The normalized spacial score (nSPS) is 13.0. The van der Waals surface area contributed by atoms with Crippen LogP contribution in [0.4, 0.5) is 16.2 Å². The van der Waals surface area contributed by atoms with Gasteiger partial charge in [0.15, 0.2) is 0 Å². The highest BCUT2D eigenvalue weighted by Crippen LogP contribution is 2.28. The van der Waals surface area contributed by atoms with Crippen LogP contribution in [-0.4, -0.2) is 29.8 Å².